The summed E-state index contributed by atoms with van der Waals surface area (Å²) in [6, 6.07) is 12.7. The third-order valence-electron chi connectivity index (χ3n) is 3.47. The van der Waals surface area contributed by atoms with Crippen LogP contribution >= 0.6 is 23.1 Å². The predicted molar refractivity (Wildman–Crippen MR) is 85.3 cm³/mol. The van der Waals surface area contributed by atoms with Gasteiger partial charge in [-0.25, -0.2) is 0 Å². The third-order valence-corrected chi connectivity index (χ3v) is 5.53. The van der Waals surface area contributed by atoms with Gasteiger partial charge in [0, 0.05) is 21.9 Å². The zero-order valence-corrected chi connectivity index (χ0v) is 12.8. The Kier molecular flexibility index (Phi) is 4.43. The van der Waals surface area contributed by atoms with E-state index in [1.54, 1.807) is 11.3 Å². The zero-order valence-electron chi connectivity index (χ0n) is 11.2. The average Bonchev–Trinajstić information content (AvgIpc) is 2.99. The molecule has 2 aromatic rings. The summed E-state index contributed by atoms with van der Waals surface area (Å²) in [5.41, 5.74) is 1.27. The first kappa shape index (κ1) is 13.7. The van der Waals surface area contributed by atoms with E-state index in [0.29, 0.717) is 6.42 Å². The van der Waals surface area contributed by atoms with Crippen LogP contribution in [0.1, 0.15) is 29.3 Å². The first-order valence-corrected chi connectivity index (χ1v) is 8.73. The normalized spacial score (nSPS) is 17.5. The number of carbonyl (C=O) groups is 1. The van der Waals surface area contributed by atoms with E-state index in [1.165, 1.54) is 15.3 Å². The molecule has 0 saturated carbocycles. The van der Waals surface area contributed by atoms with Crippen molar-refractivity contribution in [2.45, 2.75) is 30.2 Å². The van der Waals surface area contributed by atoms with Crippen molar-refractivity contribution in [3.8, 4) is 0 Å². The second-order valence-electron chi connectivity index (χ2n) is 4.87. The van der Waals surface area contributed by atoms with E-state index in [4.69, 9.17) is 0 Å². The Labute approximate surface area is 127 Å². The van der Waals surface area contributed by atoms with Gasteiger partial charge in [0.2, 0.25) is 5.91 Å². The minimum atomic E-state index is 0.158. The number of carbonyl (C=O) groups excluding carboxylic acids is 1. The number of thioether (sulfide) groups is 1. The first-order valence-electron chi connectivity index (χ1n) is 6.86. The fourth-order valence-corrected chi connectivity index (χ4v) is 4.28. The number of amides is 1. The van der Waals surface area contributed by atoms with E-state index in [2.05, 4.69) is 41.0 Å². The lowest BCUT2D eigenvalue weighted by atomic mass is 10.0. The Balaban J connectivity index is 1.59. The van der Waals surface area contributed by atoms with Crippen molar-refractivity contribution in [3.05, 3.63) is 52.2 Å². The van der Waals surface area contributed by atoms with Gasteiger partial charge in [0.05, 0.1) is 6.04 Å². The van der Waals surface area contributed by atoms with Crippen LogP contribution in [0.3, 0.4) is 0 Å². The molecule has 4 heteroatoms. The molecule has 1 aliphatic heterocycles. The number of rotatable bonds is 4. The largest absolute Gasteiger partial charge is 0.349 e. The Morgan fingerprint density at radius 2 is 2.15 bits per heavy atom. The summed E-state index contributed by atoms with van der Waals surface area (Å²) in [4.78, 5) is 14.7. The molecule has 1 N–H and O–H groups in total. The predicted octanol–water partition coefficient (Wildman–Crippen LogP) is 4.03. The van der Waals surface area contributed by atoms with Crippen molar-refractivity contribution in [3.63, 3.8) is 0 Å². The minimum absolute atomic E-state index is 0.158. The summed E-state index contributed by atoms with van der Waals surface area (Å²) in [6.07, 6.45) is 2.44. The van der Waals surface area contributed by atoms with Gasteiger partial charge in [0.1, 0.15) is 0 Å². The van der Waals surface area contributed by atoms with E-state index in [-0.39, 0.29) is 11.9 Å². The fraction of sp³-hybridized carbons (Fsp3) is 0.312. The van der Waals surface area contributed by atoms with Gasteiger partial charge in [-0.15, -0.1) is 23.1 Å². The van der Waals surface area contributed by atoms with Gasteiger partial charge in [-0.1, -0.05) is 24.3 Å². The van der Waals surface area contributed by atoms with Crippen molar-refractivity contribution in [1.82, 2.24) is 5.32 Å². The van der Waals surface area contributed by atoms with Crippen molar-refractivity contribution in [2.75, 3.05) is 5.75 Å². The summed E-state index contributed by atoms with van der Waals surface area (Å²) in [5, 5.41) is 5.25. The molecule has 0 spiro atoms. The molecule has 1 aromatic heterocycles. The molecule has 2 heterocycles. The molecule has 0 bridgehead atoms. The fourth-order valence-electron chi connectivity index (χ4n) is 2.45. The Hall–Kier alpha value is -1.26. The van der Waals surface area contributed by atoms with Gasteiger partial charge in [-0.3, -0.25) is 4.79 Å². The van der Waals surface area contributed by atoms with Crippen molar-refractivity contribution >= 4 is 29.0 Å². The second kappa shape index (κ2) is 6.46. The highest BCUT2D eigenvalue weighted by atomic mass is 32.2. The quantitative estimate of drug-likeness (QED) is 0.924. The molecule has 104 valence electrons. The van der Waals surface area contributed by atoms with Crippen LogP contribution in [-0.4, -0.2) is 11.7 Å². The Morgan fingerprint density at radius 3 is 3.00 bits per heavy atom. The highest BCUT2D eigenvalue weighted by Gasteiger charge is 2.21. The number of benzene rings is 1. The topological polar surface area (TPSA) is 29.1 Å². The van der Waals surface area contributed by atoms with Gasteiger partial charge < -0.3 is 5.32 Å². The first-order chi connectivity index (χ1) is 9.83. The number of nitrogens with one attached hydrogen (secondary N) is 1. The maximum absolute atomic E-state index is 12.1. The number of hydrogen-bond acceptors (Lipinski definition) is 3. The number of aryl methyl sites for hydroxylation is 1. The van der Waals surface area contributed by atoms with Crippen LogP contribution in [0.25, 0.3) is 0 Å². The molecule has 0 saturated heterocycles. The Bertz CT molecular complexity index is 580. The number of fused-ring (bicyclic) bond motifs is 1. The SMILES string of the molecule is O=C(CCc1cccs1)NC1CCSc2ccccc21. The lowest BCUT2D eigenvalue weighted by molar-refractivity contribution is -0.121. The molecule has 1 amide bonds. The standard InChI is InChI=1S/C16H17NOS2/c18-16(8-7-12-4-3-10-19-12)17-14-9-11-20-15-6-2-1-5-13(14)15/h1-6,10,14H,7-9,11H2,(H,17,18). The van der Waals surface area contributed by atoms with Crippen molar-refractivity contribution in [2.24, 2.45) is 0 Å². The van der Waals surface area contributed by atoms with Gasteiger partial charge >= 0.3 is 0 Å². The highest BCUT2D eigenvalue weighted by molar-refractivity contribution is 7.99. The lowest BCUT2D eigenvalue weighted by Crippen LogP contribution is -2.30. The van der Waals surface area contributed by atoms with Gasteiger partial charge in [0.25, 0.3) is 0 Å². The molecule has 1 aliphatic rings. The van der Waals surface area contributed by atoms with Crippen LogP contribution in [0.15, 0.2) is 46.7 Å². The maximum Gasteiger partial charge on any atom is 0.220 e. The van der Waals surface area contributed by atoms with Crippen LogP contribution in [0.2, 0.25) is 0 Å². The van der Waals surface area contributed by atoms with Gasteiger partial charge in [-0.05, 0) is 35.9 Å². The van der Waals surface area contributed by atoms with Crippen LogP contribution < -0.4 is 5.32 Å². The molecule has 20 heavy (non-hydrogen) atoms. The molecule has 2 nitrogen and oxygen atoms in total. The van der Waals surface area contributed by atoms with E-state index >= 15 is 0 Å². The zero-order chi connectivity index (χ0) is 13.8. The molecule has 0 aliphatic carbocycles. The van der Waals surface area contributed by atoms with E-state index in [1.807, 2.05) is 17.8 Å². The number of hydrogen-bond donors (Lipinski definition) is 1. The van der Waals surface area contributed by atoms with E-state index in [9.17, 15) is 4.79 Å². The molecule has 3 rings (SSSR count). The van der Waals surface area contributed by atoms with Crippen molar-refractivity contribution < 1.29 is 4.79 Å². The number of thiophene rings is 1. The van der Waals surface area contributed by atoms with Gasteiger partial charge in [-0.2, -0.15) is 0 Å². The lowest BCUT2D eigenvalue weighted by Gasteiger charge is -2.25. The molecule has 0 radical (unpaired) electrons. The highest BCUT2D eigenvalue weighted by Crippen LogP contribution is 2.35. The molecular formula is C16H17NOS2. The average molecular weight is 303 g/mol. The maximum atomic E-state index is 12.1. The van der Waals surface area contributed by atoms with Gasteiger partial charge in [0.15, 0.2) is 0 Å². The van der Waals surface area contributed by atoms with Crippen LogP contribution in [0.4, 0.5) is 0 Å². The smallest absolute Gasteiger partial charge is 0.220 e. The monoisotopic (exact) mass is 303 g/mol. The second-order valence-corrected chi connectivity index (χ2v) is 7.04. The summed E-state index contributed by atoms with van der Waals surface area (Å²) in [5.74, 6) is 1.23. The molecular weight excluding hydrogens is 286 g/mol. The van der Waals surface area contributed by atoms with E-state index < -0.39 is 0 Å². The van der Waals surface area contributed by atoms with E-state index in [0.717, 1.165) is 18.6 Å². The summed E-state index contributed by atoms with van der Waals surface area (Å²) >= 11 is 3.60. The minimum Gasteiger partial charge on any atom is -0.349 e. The van der Waals surface area contributed by atoms with Crippen LogP contribution in [-0.2, 0) is 11.2 Å². The summed E-state index contributed by atoms with van der Waals surface area (Å²) in [6.45, 7) is 0. The third kappa shape index (κ3) is 3.25. The van der Waals surface area contributed by atoms with Crippen LogP contribution in [0, 0.1) is 0 Å². The molecule has 1 unspecified atom stereocenters. The van der Waals surface area contributed by atoms with Crippen molar-refractivity contribution in [1.29, 1.82) is 0 Å². The summed E-state index contributed by atoms with van der Waals surface area (Å²) in [7, 11) is 0. The Morgan fingerprint density at radius 1 is 1.25 bits per heavy atom. The summed E-state index contributed by atoms with van der Waals surface area (Å²) < 4.78 is 0. The molecule has 1 aromatic carbocycles. The molecule has 1 atom stereocenters. The van der Waals surface area contributed by atoms with Crippen LogP contribution in [0.5, 0.6) is 0 Å². The molecule has 0 fully saturated rings.